The maximum atomic E-state index is 11.5. The van der Waals surface area contributed by atoms with Gasteiger partial charge in [-0.25, -0.2) is 0 Å². The Balaban J connectivity index is 2.58. The largest absolute Gasteiger partial charge is 0.460 e. The number of rotatable bonds is 3. The van der Waals surface area contributed by atoms with Crippen molar-refractivity contribution in [1.82, 2.24) is 0 Å². The number of carbonyl (C=O) groups excluding carboxylic acids is 1. The fraction of sp³-hybridized carbons (Fsp3) is 0.368. The average molecular weight is 295 g/mol. The first kappa shape index (κ1) is 16.0. The number of carbonyl (C=O) groups is 1. The molecule has 22 heavy (non-hydrogen) atoms. The molecule has 3 nitrogen and oxygen atoms in total. The van der Waals surface area contributed by atoms with Crippen LogP contribution in [0.15, 0.2) is 42.5 Å². The summed E-state index contributed by atoms with van der Waals surface area (Å²) in [5.74, 6) is -0.865. The SMILES string of the molecule is CC(=O)O[C@H]([C@@H](C#N)c1cccc2ccccc12)C(C)(C)C. The molecular weight excluding hydrogens is 274 g/mol. The molecule has 0 aliphatic heterocycles. The lowest BCUT2D eigenvalue weighted by atomic mass is 9.77. The fourth-order valence-electron chi connectivity index (χ4n) is 2.75. The van der Waals surface area contributed by atoms with Gasteiger partial charge in [-0.1, -0.05) is 63.2 Å². The third-order valence-corrected chi connectivity index (χ3v) is 3.75. The monoisotopic (exact) mass is 295 g/mol. The van der Waals surface area contributed by atoms with Crippen LogP contribution in [0, 0.1) is 16.7 Å². The zero-order chi connectivity index (χ0) is 16.3. The Morgan fingerprint density at radius 2 is 1.77 bits per heavy atom. The van der Waals surface area contributed by atoms with Gasteiger partial charge in [-0.3, -0.25) is 4.79 Å². The summed E-state index contributed by atoms with van der Waals surface area (Å²) in [5, 5.41) is 11.8. The minimum atomic E-state index is -0.505. The molecule has 0 radical (unpaired) electrons. The second-order valence-corrected chi connectivity index (χ2v) is 6.57. The average Bonchev–Trinajstić information content (AvgIpc) is 2.46. The van der Waals surface area contributed by atoms with Crippen LogP contribution in [0.25, 0.3) is 10.8 Å². The highest BCUT2D eigenvalue weighted by atomic mass is 16.5. The van der Waals surface area contributed by atoms with Gasteiger partial charge in [0.05, 0.1) is 6.07 Å². The molecule has 0 unspecified atom stereocenters. The molecule has 0 saturated heterocycles. The number of nitrogens with zero attached hydrogens (tertiary/aromatic N) is 1. The summed E-state index contributed by atoms with van der Waals surface area (Å²) in [7, 11) is 0. The zero-order valence-corrected chi connectivity index (χ0v) is 13.5. The van der Waals surface area contributed by atoms with Crippen molar-refractivity contribution in [2.75, 3.05) is 0 Å². The van der Waals surface area contributed by atoms with Crippen LogP contribution in [0.3, 0.4) is 0 Å². The topological polar surface area (TPSA) is 50.1 Å². The van der Waals surface area contributed by atoms with Gasteiger partial charge in [0, 0.05) is 12.3 Å². The number of ether oxygens (including phenoxy) is 1. The maximum absolute atomic E-state index is 11.5. The molecule has 0 aromatic heterocycles. The molecule has 2 aromatic carbocycles. The second kappa shape index (κ2) is 6.19. The van der Waals surface area contributed by atoms with E-state index >= 15 is 0 Å². The lowest BCUT2D eigenvalue weighted by molar-refractivity contribution is -0.152. The molecule has 0 N–H and O–H groups in total. The van der Waals surface area contributed by atoms with Crippen molar-refractivity contribution < 1.29 is 9.53 Å². The Morgan fingerprint density at radius 3 is 2.36 bits per heavy atom. The minimum Gasteiger partial charge on any atom is -0.460 e. The van der Waals surface area contributed by atoms with Crippen LogP contribution in [-0.2, 0) is 9.53 Å². The first-order valence-electron chi connectivity index (χ1n) is 7.39. The molecule has 0 bridgehead atoms. The van der Waals surface area contributed by atoms with Gasteiger partial charge in [-0.05, 0) is 16.3 Å². The van der Waals surface area contributed by atoms with Gasteiger partial charge in [0.25, 0.3) is 0 Å². The zero-order valence-electron chi connectivity index (χ0n) is 13.5. The van der Waals surface area contributed by atoms with Crippen molar-refractivity contribution in [2.24, 2.45) is 5.41 Å². The normalized spacial score (nSPS) is 14.1. The van der Waals surface area contributed by atoms with Gasteiger partial charge >= 0.3 is 5.97 Å². The van der Waals surface area contributed by atoms with Crippen molar-refractivity contribution in [3.05, 3.63) is 48.0 Å². The number of benzene rings is 2. The highest BCUT2D eigenvalue weighted by Crippen LogP contribution is 2.37. The molecule has 2 aromatic rings. The number of nitriles is 1. The van der Waals surface area contributed by atoms with E-state index in [4.69, 9.17) is 4.74 Å². The smallest absolute Gasteiger partial charge is 0.302 e. The minimum absolute atomic E-state index is 0.330. The molecule has 0 spiro atoms. The number of fused-ring (bicyclic) bond motifs is 1. The Morgan fingerprint density at radius 1 is 1.14 bits per heavy atom. The summed E-state index contributed by atoms with van der Waals surface area (Å²) >= 11 is 0. The standard InChI is InChI=1S/C19H21NO2/c1-13(21)22-18(19(2,3)4)17(12-20)16-11-7-9-14-8-5-6-10-15(14)16/h5-11,17-18H,1-4H3/t17-,18+/m0/s1. The molecule has 114 valence electrons. The quantitative estimate of drug-likeness (QED) is 0.787. The van der Waals surface area contributed by atoms with E-state index < -0.39 is 12.0 Å². The van der Waals surface area contributed by atoms with Gasteiger partial charge in [0.1, 0.15) is 12.0 Å². The van der Waals surface area contributed by atoms with Crippen molar-refractivity contribution >= 4 is 16.7 Å². The van der Waals surface area contributed by atoms with Crippen LogP contribution < -0.4 is 0 Å². The van der Waals surface area contributed by atoms with E-state index in [1.165, 1.54) is 6.92 Å². The first-order valence-corrected chi connectivity index (χ1v) is 7.39. The molecule has 3 heteroatoms. The summed E-state index contributed by atoms with van der Waals surface area (Å²) in [6.45, 7) is 7.33. The van der Waals surface area contributed by atoms with Crippen molar-refractivity contribution in [3.63, 3.8) is 0 Å². The second-order valence-electron chi connectivity index (χ2n) is 6.57. The van der Waals surface area contributed by atoms with Crippen molar-refractivity contribution in [3.8, 4) is 6.07 Å². The van der Waals surface area contributed by atoms with E-state index in [2.05, 4.69) is 6.07 Å². The van der Waals surface area contributed by atoms with E-state index in [-0.39, 0.29) is 11.4 Å². The maximum Gasteiger partial charge on any atom is 0.302 e. The molecule has 0 fully saturated rings. The van der Waals surface area contributed by atoms with Crippen molar-refractivity contribution in [2.45, 2.75) is 39.7 Å². The predicted octanol–water partition coefficient (Wildman–Crippen LogP) is 4.42. The molecule has 2 atom stereocenters. The van der Waals surface area contributed by atoms with Gasteiger partial charge in [0.2, 0.25) is 0 Å². The fourth-order valence-corrected chi connectivity index (χ4v) is 2.75. The van der Waals surface area contributed by atoms with E-state index in [0.29, 0.717) is 0 Å². The van der Waals surface area contributed by atoms with Crippen LogP contribution in [0.5, 0.6) is 0 Å². The van der Waals surface area contributed by atoms with E-state index in [1.54, 1.807) is 0 Å². The molecule has 0 amide bonds. The van der Waals surface area contributed by atoms with Crippen LogP contribution in [0.4, 0.5) is 0 Å². The molecule has 0 saturated carbocycles. The number of esters is 1. The molecule has 0 aliphatic rings. The number of hydrogen-bond acceptors (Lipinski definition) is 3. The van der Waals surface area contributed by atoms with E-state index in [0.717, 1.165) is 16.3 Å². The van der Waals surface area contributed by atoms with Gasteiger partial charge in [0.15, 0.2) is 0 Å². The highest BCUT2D eigenvalue weighted by molar-refractivity contribution is 5.86. The molecule has 0 aliphatic carbocycles. The summed E-state index contributed by atoms with van der Waals surface area (Å²) in [6, 6.07) is 16.2. The molecular formula is C19H21NO2. The van der Waals surface area contributed by atoms with E-state index in [9.17, 15) is 10.1 Å². The highest BCUT2D eigenvalue weighted by Gasteiger charge is 2.36. The van der Waals surface area contributed by atoms with Crippen molar-refractivity contribution in [1.29, 1.82) is 5.26 Å². The summed E-state index contributed by atoms with van der Waals surface area (Å²) < 4.78 is 5.51. The summed E-state index contributed by atoms with van der Waals surface area (Å²) in [5.41, 5.74) is 0.574. The van der Waals surface area contributed by atoms with Gasteiger partial charge < -0.3 is 4.74 Å². The summed E-state index contributed by atoms with van der Waals surface area (Å²) in [4.78, 5) is 11.5. The lowest BCUT2D eigenvalue weighted by Gasteiger charge is -2.33. The lowest BCUT2D eigenvalue weighted by Crippen LogP contribution is -2.36. The van der Waals surface area contributed by atoms with Crippen LogP contribution in [0.1, 0.15) is 39.2 Å². The first-order chi connectivity index (χ1) is 10.3. The Bertz CT molecular complexity index is 717. The van der Waals surface area contributed by atoms with Crippen LogP contribution in [0.2, 0.25) is 0 Å². The van der Waals surface area contributed by atoms with Gasteiger partial charge in [-0.15, -0.1) is 0 Å². The van der Waals surface area contributed by atoms with Gasteiger partial charge in [-0.2, -0.15) is 5.26 Å². The molecule has 2 rings (SSSR count). The number of hydrogen-bond donors (Lipinski definition) is 0. The Labute approximate surface area is 131 Å². The predicted molar refractivity (Wildman–Crippen MR) is 87.3 cm³/mol. The Kier molecular flexibility index (Phi) is 4.51. The van der Waals surface area contributed by atoms with E-state index in [1.807, 2.05) is 63.2 Å². The van der Waals surface area contributed by atoms with Crippen LogP contribution >= 0.6 is 0 Å². The molecule has 0 heterocycles. The van der Waals surface area contributed by atoms with Crippen LogP contribution in [-0.4, -0.2) is 12.1 Å². The summed E-state index contributed by atoms with van der Waals surface area (Å²) in [6.07, 6.45) is -0.499. The Hall–Kier alpha value is -2.34. The third kappa shape index (κ3) is 3.28. The third-order valence-electron chi connectivity index (χ3n) is 3.75.